The number of hydrogen-bond acceptors (Lipinski definition) is 3. The molecule has 2 aliphatic heterocycles. The normalized spacial score (nSPS) is 34.9. The molecule has 2 atom stereocenters. The molecule has 5 heteroatoms. The third-order valence-electron chi connectivity index (χ3n) is 2.01. The van der Waals surface area contributed by atoms with Gasteiger partial charge in [0.1, 0.15) is 6.23 Å². The van der Waals surface area contributed by atoms with Crippen molar-refractivity contribution in [2.75, 3.05) is 6.61 Å². The summed E-state index contributed by atoms with van der Waals surface area (Å²) in [6.07, 6.45) is 0.0765. The smallest absolute Gasteiger partial charge is 0.328 e. The number of nitrogens with zero attached hydrogens (tertiary/aromatic N) is 1. The van der Waals surface area contributed by atoms with Gasteiger partial charge in [-0.15, -0.1) is 0 Å². The standard InChI is InChI=1S/C6H7NO4/c8-4-1-5-7(4)3(2-11-5)6(9)10/h3,5H,1-2H2,(H,9,10)/t3-,5-/m0/s1. The molecule has 0 bridgehead atoms. The lowest BCUT2D eigenvalue weighted by Gasteiger charge is -2.34. The molecule has 1 N–H and O–H groups in total. The number of ether oxygens (including phenoxy) is 1. The highest BCUT2D eigenvalue weighted by Crippen LogP contribution is 2.29. The Balaban J connectivity index is 2.14. The number of β-lactam (4-membered cyclic amide) rings is 1. The molecule has 1 amide bonds. The van der Waals surface area contributed by atoms with E-state index in [2.05, 4.69) is 0 Å². The highest BCUT2D eigenvalue weighted by molar-refractivity contribution is 5.89. The Morgan fingerprint density at radius 2 is 2.45 bits per heavy atom. The topological polar surface area (TPSA) is 66.8 Å². The number of fused-ring (bicyclic) bond motifs is 1. The second-order valence-corrected chi connectivity index (χ2v) is 2.65. The molecule has 0 spiro atoms. The van der Waals surface area contributed by atoms with Crippen LogP contribution < -0.4 is 0 Å². The fraction of sp³-hybridized carbons (Fsp3) is 0.667. The molecule has 0 unspecified atom stereocenters. The number of amides is 1. The van der Waals surface area contributed by atoms with E-state index >= 15 is 0 Å². The van der Waals surface area contributed by atoms with E-state index in [4.69, 9.17) is 9.84 Å². The van der Waals surface area contributed by atoms with Crippen molar-refractivity contribution in [3.05, 3.63) is 0 Å². The average molecular weight is 157 g/mol. The molecule has 0 radical (unpaired) electrons. The first kappa shape index (κ1) is 6.60. The quantitative estimate of drug-likeness (QED) is 0.497. The molecule has 60 valence electrons. The molecule has 0 saturated carbocycles. The van der Waals surface area contributed by atoms with Gasteiger partial charge in [0, 0.05) is 0 Å². The van der Waals surface area contributed by atoms with Gasteiger partial charge in [0.2, 0.25) is 5.91 Å². The van der Waals surface area contributed by atoms with Crippen molar-refractivity contribution >= 4 is 11.9 Å². The first-order chi connectivity index (χ1) is 5.20. The Morgan fingerprint density at radius 1 is 1.73 bits per heavy atom. The zero-order valence-corrected chi connectivity index (χ0v) is 5.69. The number of aliphatic carboxylic acids is 1. The summed E-state index contributed by atoms with van der Waals surface area (Å²) >= 11 is 0. The number of rotatable bonds is 1. The molecule has 2 fully saturated rings. The molecule has 2 heterocycles. The first-order valence-corrected chi connectivity index (χ1v) is 3.35. The second-order valence-electron chi connectivity index (χ2n) is 2.65. The van der Waals surface area contributed by atoms with E-state index in [9.17, 15) is 9.59 Å². The molecule has 0 aromatic rings. The molecular weight excluding hydrogens is 150 g/mol. The summed E-state index contributed by atoms with van der Waals surface area (Å²) in [7, 11) is 0. The van der Waals surface area contributed by atoms with Crippen LogP contribution in [0.4, 0.5) is 0 Å². The van der Waals surface area contributed by atoms with Gasteiger partial charge in [-0.3, -0.25) is 9.69 Å². The van der Waals surface area contributed by atoms with Crippen LogP contribution in [0.5, 0.6) is 0 Å². The molecular formula is C6H7NO4. The fourth-order valence-electron chi connectivity index (χ4n) is 1.39. The number of carboxylic acids is 1. The minimum absolute atomic E-state index is 0.125. The summed E-state index contributed by atoms with van der Waals surface area (Å²) in [6, 6.07) is -0.749. The van der Waals surface area contributed by atoms with Crippen molar-refractivity contribution in [2.45, 2.75) is 18.7 Å². The summed E-state index contributed by atoms with van der Waals surface area (Å²) in [6.45, 7) is 0.131. The highest BCUT2D eigenvalue weighted by Gasteiger charge is 2.49. The minimum Gasteiger partial charge on any atom is -0.480 e. The summed E-state index contributed by atoms with van der Waals surface area (Å²) in [5, 5.41) is 8.58. The lowest BCUT2D eigenvalue weighted by molar-refractivity contribution is -0.163. The van der Waals surface area contributed by atoms with Gasteiger partial charge >= 0.3 is 5.97 Å². The Labute approximate surface area is 62.5 Å². The van der Waals surface area contributed by atoms with E-state index in [0.717, 1.165) is 0 Å². The third kappa shape index (κ3) is 0.742. The Bertz CT molecular complexity index is 219. The van der Waals surface area contributed by atoms with Crippen LogP contribution in [0.1, 0.15) is 6.42 Å². The summed E-state index contributed by atoms with van der Waals surface area (Å²) in [5.41, 5.74) is 0. The first-order valence-electron chi connectivity index (χ1n) is 3.35. The van der Waals surface area contributed by atoms with Gasteiger partial charge in [0.05, 0.1) is 13.0 Å². The van der Waals surface area contributed by atoms with Crippen LogP contribution in [0, 0.1) is 0 Å². The lowest BCUT2D eigenvalue weighted by Crippen LogP contribution is -2.54. The molecule has 0 aromatic heterocycles. The van der Waals surface area contributed by atoms with Crippen LogP contribution in [0.25, 0.3) is 0 Å². The number of hydrogen-bond donors (Lipinski definition) is 1. The van der Waals surface area contributed by atoms with Crippen LogP contribution in [0.3, 0.4) is 0 Å². The predicted octanol–water partition coefficient (Wildman–Crippen LogP) is -0.972. The van der Waals surface area contributed by atoms with Crippen molar-refractivity contribution < 1.29 is 19.4 Å². The summed E-state index contributed by atoms with van der Waals surface area (Å²) in [5.74, 6) is -1.11. The van der Waals surface area contributed by atoms with Gasteiger partial charge < -0.3 is 9.84 Å². The Hall–Kier alpha value is -1.10. The Morgan fingerprint density at radius 3 is 2.91 bits per heavy atom. The SMILES string of the molecule is O=C(O)[C@@H]1CO[C@H]2CC(=O)N21. The van der Waals surface area contributed by atoms with E-state index < -0.39 is 12.0 Å². The van der Waals surface area contributed by atoms with Gasteiger partial charge in [0.15, 0.2) is 6.04 Å². The fourth-order valence-corrected chi connectivity index (χ4v) is 1.39. The largest absolute Gasteiger partial charge is 0.480 e. The zero-order chi connectivity index (χ0) is 8.01. The van der Waals surface area contributed by atoms with Crippen LogP contribution in [-0.2, 0) is 14.3 Å². The van der Waals surface area contributed by atoms with Crippen LogP contribution >= 0.6 is 0 Å². The van der Waals surface area contributed by atoms with E-state index in [0.29, 0.717) is 6.42 Å². The van der Waals surface area contributed by atoms with Gasteiger partial charge in [-0.1, -0.05) is 0 Å². The molecule has 2 aliphatic rings. The van der Waals surface area contributed by atoms with E-state index in [-0.39, 0.29) is 18.7 Å². The zero-order valence-electron chi connectivity index (χ0n) is 5.69. The molecule has 2 rings (SSSR count). The lowest BCUT2D eigenvalue weighted by atomic mass is 10.1. The molecule has 0 aliphatic carbocycles. The molecule has 2 saturated heterocycles. The molecule has 5 nitrogen and oxygen atoms in total. The van der Waals surface area contributed by atoms with Gasteiger partial charge in [-0.2, -0.15) is 0 Å². The third-order valence-corrected chi connectivity index (χ3v) is 2.01. The summed E-state index contributed by atoms with van der Waals surface area (Å²) in [4.78, 5) is 22.6. The summed E-state index contributed by atoms with van der Waals surface area (Å²) < 4.78 is 5.02. The maximum absolute atomic E-state index is 10.8. The van der Waals surface area contributed by atoms with Crippen LogP contribution in [-0.4, -0.2) is 40.8 Å². The molecule has 0 aromatic carbocycles. The monoisotopic (exact) mass is 157 g/mol. The number of carbonyl (C=O) groups is 2. The van der Waals surface area contributed by atoms with Crippen molar-refractivity contribution in [1.29, 1.82) is 0 Å². The predicted molar refractivity (Wildman–Crippen MR) is 32.6 cm³/mol. The van der Waals surface area contributed by atoms with E-state index in [1.807, 2.05) is 0 Å². The number of carboxylic acid groups (broad SMARTS) is 1. The maximum atomic E-state index is 10.8. The van der Waals surface area contributed by atoms with Crippen molar-refractivity contribution in [1.82, 2.24) is 4.90 Å². The maximum Gasteiger partial charge on any atom is 0.328 e. The van der Waals surface area contributed by atoms with Gasteiger partial charge in [0.25, 0.3) is 0 Å². The van der Waals surface area contributed by atoms with Crippen LogP contribution in [0.15, 0.2) is 0 Å². The van der Waals surface area contributed by atoms with Crippen molar-refractivity contribution in [3.8, 4) is 0 Å². The van der Waals surface area contributed by atoms with Gasteiger partial charge in [-0.25, -0.2) is 4.79 Å². The van der Waals surface area contributed by atoms with Gasteiger partial charge in [-0.05, 0) is 0 Å². The van der Waals surface area contributed by atoms with Crippen molar-refractivity contribution in [3.63, 3.8) is 0 Å². The Kier molecular flexibility index (Phi) is 1.17. The number of carbonyl (C=O) groups excluding carboxylic acids is 1. The minimum atomic E-state index is -0.986. The van der Waals surface area contributed by atoms with Crippen molar-refractivity contribution in [2.24, 2.45) is 0 Å². The van der Waals surface area contributed by atoms with Crippen LogP contribution in [0.2, 0.25) is 0 Å². The average Bonchev–Trinajstić information content (AvgIpc) is 2.25. The molecule has 11 heavy (non-hydrogen) atoms. The highest BCUT2D eigenvalue weighted by atomic mass is 16.5. The second kappa shape index (κ2) is 1.94. The van der Waals surface area contributed by atoms with E-state index in [1.165, 1.54) is 4.90 Å². The van der Waals surface area contributed by atoms with E-state index in [1.54, 1.807) is 0 Å².